The molecule has 100 valence electrons. The second-order valence-corrected chi connectivity index (χ2v) is 7.34. The molecular weight excluding hydrogens is 306 g/mol. The number of rotatable bonds is 5. The summed E-state index contributed by atoms with van der Waals surface area (Å²) >= 11 is 5.66. The minimum atomic E-state index is 0.221. The van der Waals surface area contributed by atoms with Crippen LogP contribution in [0.25, 0.3) is 0 Å². The highest BCUT2D eigenvalue weighted by atomic mass is 79.9. The van der Waals surface area contributed by atoms with E-state index in [4.69, 9.17) is 5.73 Å². The molecule has 1 aliphatic rings. The van der Waals surface area contributed by atoms with Gasteiger partial charge in [-0.05, 0) is 49.8 Å². The SMILES string of the molecule is CC(N)Cc1ccc(SCC2CCCC2)cc1Br. The fourth-order valence-corrected chi connectivity index (χ4v) is 4.34. The van der Waals surface area contributed by atoms with Gasteiger partial charge in [-0.15, -0.1) is 11.8 Å². The van der Waals surface area contributed by atoms with Gasteiger partial charge in [0.05, 0.1) is 0 Å². The van der Waals surface area contributed by atoms with Crippen LogP contribution in [-0.2, 0) is 6.42 Å². The first-order valence-corrected chi connectivity index (χ1v) is 8.60. The maximum absolute atomic E-state index is 5.85. The number of nitrogens with two attached hydrogens (primary N) is 1. The summed E-state index contributed by atoms with van der Waals surface area (Å²) in [6, 6.07) is 6.92. The van der Waals surface area contributed by atoms with Crippen molar-refractivity contribution in [1.82, 2.24) is 0 Å². The van der Waals surface area contributed by atoms with Gasteiger partial charge in [0.15, 0.2) is 0 Å². The van der Waals surface area contributed by atoms with Crippen LogP contribution in [0, 0.1) is 5.92 Å². The van der Waals surface area contributed by atoms with Crippen molar-refractivity contribution in [2.24, 2.45) is 11.7 Å². The Morgan fingerprint density at radius 2 is 2.11 bits per heavy atom. The summed E-state index contributed by atoms with van der Waals surface area (Å²) in [5.41, 5.74) is 7.16. The maximum Gasteiger partial charge on any atom is 0.0219 e. The number of hydrogen-bond acceptors (Lipinski definition) is 2. The summed E-state index contributed by atoms with van der Waals surface area (Å²) in [5, 5.41) is 0. The van der Waals surface area contributed by atoms with E-state index in [-0.39, 0.29) is 6.04 Å². The fraction of sp³-hybridized carbons (Fsp3) is 0.600. The van der Waals surface area contributed by atoms with Crippen molar-refractivity contribution in [2.75, 3.05) is 5.75 Å². The van der Waals surface area contributed by atoms with Gasteiger partial charge in [0.25, 0.3) is 0 Å². The van der Waals surface area contributed by atoms with Gasteiger partial charge in [0.1, 0.15) is 0 Å². The first kappa shape index (κ1) is 14.4. The zero-order valence-electron chi connectivity index (χ0n) is 11.0. The predicted molar refractivity (Wildman–Crippen MR) is 84.2 cm³/mol. The highest BCUT2D eigenvalue weighted by Crippen LogP contribution is 2.32. The summed E-state index contributed by atoms with van der Waals surface area (Å²) < 4.78 is 1.20. The molecule has 1 unspecified atom stereocenters. The van der Waals surface area contributed by atoms with Gasteiger partial charge in [-0.2, -0.15) is 0 Å². The largest absolute Gasteiger partial charge is 0.328 e. The van der Waals surface area contributed by atoms with E-state index in [1.54, 1.807) is 0 Å². The molecule has 0 aromatic heterocycles. The molecule has 18 heavy (non-hydrogen) atoms. The van der Waals surface area contributed by atoms with Crippen LogP contribution < -0.4 is 5.73 Å². The van der Waals surface area contributed by atoms with E-state index in [0.29, 0.717) is 0 Å². The first-order valence-electron chi connectivity index (χ1n) is 6.82. The summed E-state index contributed by atoms with van der Waals surface area (Å²) in [5.74, 6) is 2.22. The summed E-state index contributed by atoms with van der Waals surface area (Å²) in [4.78, 5) is 1.38. The van der Waals surface area contributed by atoms with Gasteiger partial charge in [-0.3, -0.25) is 0 Å². The van der Waals surface area contributed by atoms with Crippen LogP contribution in [0.15, 0.2) is 27.6 Å². The Morgan fingerprint density at radius 1 is 1.39 bits per heavy atom. The lowest BCUT2D eigenvalue weighted by atomic mass is 10.1. The Kier molecular flexibility index (Phi) is 5.58. The van der Waals surface area contributed by atoms with Crippen molar-refractivity contribution >= 4 is 27.7 Å². The topological polar surface area (TPSA) is 26.0 Å². The Balaban J connectivity index is 1.91. The van der Waals surface area contributed by atoms with E-state index >= 15 is 0 Å². The Labute approximate surface area is 123 Å². The van der Waals surface area contributed by atoms with Crippen molar-refractivity contribution in [3.63, 3.8) is 0 Å². The van der Waals surface area contributed by atoms with Crippen molar-refractivity contribution in [3.05, 3.63) is 28.2 Å². The molecule has 0 spiro atoms. The normalized spacial score (nSPS) is 18.2. The van der Waals surface area contributed by atoms with Crippen molar-refractivity contribution in [3.8, 4) is 0 Å². The lowest BCUT2D eigenvalue weighted by Gasteiger charge is -2.11. The van der Waals surface area contributed by atoms with Crippen LogP contribution in [-0.4, -0.2) is 11.8 Å². The highest BCUT2D eigenvalue weighted by Gasteiger charge is 2.15. The molecule has 0 bridgehead atoms. The molecule has 1 atom stereocenters. The van der Waals surface area contributed by atoms with E-state index in [1.165, 1.54) is 46.4 Å². The van der Waals surface area contributed by atoms with E-state index in [2.05, 4.69) is 41.1 Å². The number of benzene rings is 1. The number of hydrogen-bond donors (Lipinski definition) is 1. The van der Waals surface area contributed by atoms with Gasteiger partial charge >= 0.3 is 0 Å². The molecule has 1 fully saturated rings. The average molecular weight is 328 g/mol. The molecule has 3 heteroatoms. The lowest BCUT2D eigenvalue weighted by Crippen LogP contribution is -2.17. The molecule has 1 nitrogen and oxygen atoms in total. The molecule has 2 rings (SSSR count). The highest BCUT2D eigenvalue weighted by molar-refractivity contribution is 9.10. The quantitative estimate of drug-likeness (QED) is 0.798. The molecule has 2 N–H and O–H groups in total. The average Bonchev–Trinajstić information content (AvgIpc) is 2.82. The molecule has 0 radical (unpaired) electrons. The van der Waals surface area contributed by atoms with Gasteiger partial charge in [-0.1, -0.05) is 34.8 Å². The molecule has 0 saturated heterocycles. The Hall–Kier alpha value is 0.01000. The predicted octanol–water partition coefficient (Wildman–Crippen LogP) is 4.62. The first-order chi connectivity index (χ1) is 8.65. The molecule has 1 aromatic carbocycles. The lowest BCUT2D eigenvalue weighted by molar-refractivity contribution is 0.623. The monoisotopic (exact) mass is 327 g/mol. The molecule has 1 saturated carbocycles. The molecule has 1 aromatic rings. The summed E-state index contributed by atoms with van der Waals surface area (Å²) in [6.07, 6.45) is 6.66. The van der Waals surface area contributed by atoms with Gasteiger partial charge < -0.3 is 5.73 Å². The van der Waals surface area contributed by atoms with Crippen LogP contribution in [0.4, 0.5) is 0 Å². The van der Waals surface area contributed by atoms with Gasteiger partial charge in [-0.25, -0.2) is 0 Å². The third-order valence-corrected chi connectivity index (χ3v) is 5.49. The van der Waals surface area contributed by atoms with Crippen LogP contribution >= 0.6 is 27.7 Å². The smallest absolute Gasteiger partial charge is 0.0219 e. The molecule has 1 aliphatic carbocycles. The minimum absolute atomic E-state index is 0.221. The molecule has 0 heterocycles. The number of halogens is 1. The second-order valence-electron chi connectivity index (χ2n) is 5.40. The molecule has 0 amide bonds. The zero-order chi connectivity index (χ0) is 13.0. The van der Waals surface area contributed by atoms with Gasteiger partial charge in [0.2, 0.25) is 0 Å². The van der Waals surface area contributed by atoms with E-state index in [0.717, 1.165) is 12.3 Å². The minimum Gasteiger partial charge on any atom is -0.328 e. The van der Waals surface area contributed by atoms with Crippen LogP contribution in [0.5, 0.6) is 0 Å². The molecule has 0 aliphatic heterocycles. The molecular formula is C15H22BrNS. The summed E-state index contributed by atoms with van der Waals surface area (Å²) in [7, 11) is 0. The second kappa shape index (κ2) is 6.97. The Bertz CT molecular complexity index is 386. The van der Waals surface area contributed by atoms with E-state index in [9.17, 15) is 0 Å². The fourth-order valence-electron chi connectivity index (χ4n) is 2.52. The van der Waals surface area contributed by atoms with Crippen LogP contribution in [0.3, 0.4) is 0 Å². The third kappa shape index (κ3) is 4.29. The van der Waals surface area contributed by atoms with Crippen LogP contribution in [0.1, 0.15) is 38.2 Å². The maximum atomic E-state index is 5.85. The Morgan fingerprint density at radius 3 is 2.72 bits per heavy atom. The van der Waals surface area contributed by atoms with Crippen molar-refractivity contribution < 1.29 is 0 Å². The van der Waals surface area contributed by atoms with E-state index in [1.807, 2.05) is 11.8 Å². The summed E-state index contributed by atoms with van der Waals surface area (Å²) in [6.45, 7) is 2.05. The number of thioether (sulfide) groups is 1. The standard InChI is InChI=1S/C15H22BrNS/c1-11(17)8-13-6-7-14(9-15(13)16)18-10-12-4-2-3-5-12/h6-7,9,11-12H,2-5,8,10,17H2,1H3. The van der Waals surface area contributed by atoms with Crippen molar-refractivity contribution in [2.45, 2.75) is 50.0 Å². The van der Waals surface area contributed by atoms with Crippen LogP contribution in [0.2, 0.25) is 0 Å². The van der Waals surface area contributed by atoms with Gasteiger partial charge in [0, 0.05) is 21.2 Å². The zero-order valence-corrected chi connectivity index (χ0v) is 13.4. The third-order valence-electron chi connectivity index (χ3n) is 3.53. The van der Waals surface area contributed by atoms with E-state index < -0.39 is 0 Å². The van der Waals surface area contributed by atoms with Crippen molar-refractivity contribution in [1.29, 1.82) is 0 Å².